The van der Waals surface area contributed by atoms with E-state index in [9.17, 15) is 14.9 Å². The van der Waals surface area contributed by atoms with Crippen molar-refractivity contribution < 1.29 is 14.5 Å². The molecule has 0 bridgehead atoms. The van der Waals surface area contributed by atoms with Gasteiger partial charge in [-0.1, -0.05) is 12.1 Å². The van der Waals surface area contributed by atoms with Gasteiger partial charge in [0.2, 0.25) is 0 Å². The highest BCUT2D eigenvalue weighted by Crippen LogP contribution is 2.31. The molecule has 21 heavy (non-hydrogen) atoms. The molecule has 2 aromatic rings. The van der Waals surface area contributed by atoms with Gasteiger partial charge in [-0.3, -0.25) is 14.9 Å². The monoisotopic (exact) mass is 285 g/mol. The number of carbonyl (C=O) groups excluding carboxylic acids is 1. The summed E-state index contributed by atoms with van der Waals surface area (Å²) in [6.07, 6.45) is 0. The van der Waals surface area contributed by atoms with Crippen molar-refractivity contribution >= 4 is 11.5 Å². The molecule has 0 N–H and O–H groups in total. The maximum absolute atomic E-state index is 11.4. The number of aryl methyl sites for hydroxylation is 2. The molecule has 0 radical (unpaired) electrons. The fraction of sp³-hybridized carbons (Fsp3) is 0.188. The van der Waals surface area contributed by atoms with Crippen molar-refractivity contribution in [1.82, 2.24) is 0 Å². The Kier molecular flexibility index (Phi) is 4.03. The Morgan fingerprint density at radius 1 is 1.14 bits per heavy atom. The number of ether oxygens (including phenoxy) is 1. The van der Waals surface area contributed by atoms with E-state index in [-0.39, 0.29) is 11.5 Å². The summed E-state index contributed by atoms with van der Waals surface area (Å²) in [6, 6.07) is 9.85. The highest BCUT2D eigenvalue weighted by molar-refractivity contribution is 5.94. The summed E-state index contributed by atoms with van der Waals surface area (Å²) < 4.78 is 5.69. The van der Waals surface area contributed by atoms with Gasteiger partial charge < -0.3 is 4.74 Å². The van der Waals surface area contributed by atoms with Crippen molar-refractivity contribution in [1.29, 1.82) is 0 Å². The van der Waals surface area contributed by atoms with Crippen LogP contribution >= 0.6 is 0 Å². The molecule has 2 aromatic carbocycles. The molecule has 0 heterocycles. The maximum atomic E-state index is 11.4. The summed E-state index contributed by atoms with van der Waals surface area (Å²) in [6.45, 7) is 4.98. The molecule has 0 saturated carbocycles. The summed E-state index contributed by atoms with van der Waals surface area (Å²) in [4.78, 5) is 21.9. The van der Waals surface area contributed by atoms with Crippen LogP contribution in [0.15, 0.2) is 36.4 Å². The molecule has 0 atom stereocenters. The highest BCUT2D eigenvalue weighted by Gasteiger charge is 2.15. The smallest absolute Gasteiger partial charge is 0.276 e. The van der Waals surface area contributed by atoms with Crippen LogP contribution in [0.3, 0.4) is 0 Å². The first-order chi connectivity index (χ1) is 9.88. The zero-order valence-corrected chi connectivity index (χ0v) is 12.0. The first-order valence-corrected chi connectivity index (χ1v) is 6.43. The van der Waals surface area contributed by atoms with Crippen molar-refractivity contribution in [2.75, 3.05) is 0 Å². The molecular formula is C16H15NO4. The van der Waals surface area contributed by atoms with Crippen LogP contribution in [0.5, 0.6) is 11.5 Å². The molecule has 2 rings (SSSR count). The minimum atomic E-state index is -0.437. The average molecular weight is 285 g/mol. The molecule has 0 fully saturated rings. The predicted octanol–water partition coefficient (Wildman–Crippen LogP) is 4.21. The predicted molar refractivity (Wildman–Crippen MR) is 79.1 cm³/mol. The molecule has 108 valence electrons. The normalized spacial score (nSPS) is 10.2. The maximum Gasteiger partial charge on any atom is 0.276 e. The van der Waals surface area contributed by atoms with Crippen molar-refractivity contribution in [2.45, 2.75) is 20.8 Å². The number of hydrogen-bond acceptors (Lipinski definition) is 4. The van der Waals surface area contributed by atoms with Gasteiger partial charge in [-0.05, 0) is 44.5 Å². The Morgan fingerprint density at radius 3 is 2.48 bits per heavy atom. The van der Waals surface area contributed by atoms with Gasteiger partial charge in [-0.15, -0.1) is 0 Å². The molecule has 0 aliphatic carbocycles. The number of ketones is 1. The fourth-order valence-electron chi connectivity index (χ4n) is 2.03. The third-order valence-electron chi connectivity index (χ3n) is 3.16. The summed E-state index contributed by atoms with van der Waals surface area (Å²) in [5.74, 6) is 0.823. The van der Waals surface area contributed by atoms with Crippen molar-refractivity contribution in [3.05, 3.63) is 63.2 Å². The van der Waals surface area contributed by atoms with Crippen LogP contribution in [-0.4, -0.2) is 10.7 Å². The molecule has 0 amide bonds. The molecular weight excluding hydrogens is 270 g/mol. The number of Topliss-reactive ketones (excluding diaryl/α,β-unsaturated/α-hetero) is 1. The van der Waals surface area contributed by atoms with Crippen LogP contribution in [0.2, 0.25) is 0 Å². The number of hydrogen-bond donors (Lipinski definition) is 0. The summed E-state index contributed by atoms with van der Waals surface area (Å²) in [7, 11) is 0. The lowest BCUT2D eigenvalue weighted by Crippen LogP contribution is -1.96. The van der Waals surface area contributed by atoms with Crippen LogP contribution < -0.4 is 4.74 Å². The fourth-order valence-corrected chi connectivity index (χ4v) is 2.03. The summed E-state index contributed by atoms with van der Waals surface area (Å²) >= 11 is 0. The minimum absolute atomic E-state index is 0.0123. The Labute approximate surface area is 122 Å². The number of nitro groups is 1. The quantitative estimate of drug-likeness (QED) is 0.479. The zero-order valence-electron chi connectivity index (χ0n) is 12.0. The third-order valence-corrected chi connectivity index (χ3v) is 3.16. The summed E-state index contributed by atoms with van der Waals surface area (Å²) in [5.41, 5.74) is 1.93. The van der Waals surface area contributed by atoms with Crippen LogP contribution in [0, 0.1) is 24.0 Å². The van der Waals surface area contributed by atoms with Gasteiger partial charge in [-0.25, -0.2) is 0 Å². The van der Waals surface area contributed by atoms with Crippen molar-refractivity contribution in [2.24, 2.45) is 0 Å². The molecule has 5 nitrogen and oxygen atoms in total. The van der Waals surface area contributed by atoms with Crippen LogP contribution in [0.25, 0.3) is 0 Å². The number of carbonyl (C=O) groups is 1. The van der Waals surface area contributed by atoms with E-state index in [0.717, 1.165) is 5.56 Å². The Balaban J connectivity index is 2.39. The average Bonchev–Trinajstić information content (AvgIpc) is 2.41. The molecule has 0 spiro atoms. The zero-order chi connectivity index (χ0) is 15.6. The highest BCUT2D eigenvalue weighted by atomic mass is 16.6. The van der Waals surface area contributed by atoms with Gasteiger partial charge in [0.05, 0.1) is 11.0 Å². The standard InChI is InChI=1S/C16H15NO4/c1-10-7-11(2)16(9-15(10)17(19)20)21-14-6-4-5-13(8-14)12(3)18/h4-9H,1-3H3. The van der Waals surface area contributed by atoms with Gasteiger partial charge in [0.25, 0.3) is 5.69 Å². The van der Waals surface area contributed by atoms with Gasteiger partial charge >= 0.3 is 0 Å². The van der Waals surface area contributed by atoms with Crippen LogP contribution in [0.4, 0.5) is 5.69 Å². The van der Waals surface area contributed by atoms with E-state index in [0.29, 0.717) is 22.6 Å². The van der Waals surface area contributed by atoms with E-state index >= 15 is 0 Å². The Morgan fingerprint density at radius 2 is 1.86 bits per heavy atom. The second-order valence-electron chi connectivity index (χ2n) is 4.85. The number of benzene rings is 2. The number of nitrogens with zero attached hydrogens (tertiary/aromatic N) is 1. The van der Waals surface area contributed by atoms with Gasteiger partial charge in [0.1, 0.15) is 11.5 Å². The molecule has 0 saturated heterocycles. The Hall–Kier alpha value is -2.69. The first-order valence-electron chi connectivity index (χ1n) is 6.43. The second-order valence-corrected chi connectivity index (χ2v) is 4.85. The SMILES string of the molecule is CC(=O)c1cccc(Oc2cc([N+](=O)[O-])c(C)cc2C)c1. The first kappa shape index (κ1) is 14.7. The molecule has 0 unspecified atom stereocenters. The largest absolute Gasteiger partial charge is 0.457 e. The molecule has 0 aliphatic rings. The molecule has 5 heteroatoms. The number of nitro benzene ring substituents is 1. The van der Waals surface area contributed by atoms with Gasteiger partial charge in [0, 0.05) is 11.1 Å². The Bertz CT molecular complexity index is 722. The lowest BCUT2D eigenvalue weighted by molar-refractivity contribution is -0.385. The molecule has 0 aliphatic heterocycles. The van der Waals surface area contributed by atoms with E-state index in [1.165, 1.54) is 13.0 Å². The third kappa shape index (κ3) is 3.25. The molecule has 0 aromatic heterocycles. The second kappa shape index (κ2) is 5.75. The van der Waals surface area contributed by atoms with E-state index in [2.05, 4.69) is 0 Å². The van der Waals surface area contributed by atoms with Crippen LogP contribution in [-0.2, 0) is 0 Å². The van der Waals surface area contributed by atoms with Gasteiger partial charge in [0.15, 0.2) is 5.78 Å². The topological polar surface area (TPSA) is 69.4 Å². The minimum Gasteiger partial charge on any atom is -0.457 e. The van der Waals surface area contributed by atoms with Crippen molar-refractivity contribution in [3.63, 3.8) is 0 Å². The van der Waals surface area contributed by atoms with E-state index < -0.39 is 4.92 Å². The van der Waals surface area contributed by atoms with Crippen LogP contribution in [0.1, 0.15) is 28.4 Å². The lowest BCUT2D eigenvalue weighted by Gasteiger charge is -2.10. The summed E-state index contributed by atoms with van der Waals surface area (Å²) in [5, 5.41) is 11.0. The lowest BCUT2D eigenvalue weighted by atomic mass is 10.1. The van der Waals surface area contributed by atoms with Gasteiger partial charge in [-0.2, -0.15) is 0 Å². The number of rotatable bonds is 4. The van der Waals surface area contributed by atoms with Crippen molar-refractivity contribution in [3.8, 4) is 11.5 Å². The van der Waals surface area contributed by atoms with E-state index in [4.69, 9.17) is 4.74 Å². The van der Waals surface area contributed by atoms with E-state index in [1.807, 2.05) is 6.92 Å². The van der Waals surface area contributed by atoms with E-state index in [1.54, 1.807) is 37.3 Å².